The Bertz CT molecular complexity index is 891. The third-order valence-corrected chi connectivity index (χ3v) is 5.55. The number of primary sulfonamides is 1. The van der Waals surface area contributed by atoms with Gasteiger partial charge in [0.15, 0.2) is 0 Å². The van der Waals surface area contributed by atoms with Crippen LogP contribution in [0.15, 0.2) is 47.5 Å². The van der Waals surface area contributed by atoms with E-state index in [1.807, 2.05) is 12.1 Å². The van der Waals surface area contributed by atoms with Crippen molar-refractivity contribution in [1.29, 1.82) is 0 Å². The molecule has 0 aliphatic carbocycles. The first kappa shape index (κ1) is 19.3. The molecule has 0 unspecified atom stereocenters. The minimum absolute atomic E-state index is 0.0509. The van der Waals surface area contributed by atoms with Crippen molar-refractivity contribution in [3.8, 4) is 0 Å². The molecule has 1 saturated heterocycles. The number of carbonyl (C=O) groups is 1. The van der Waals surface area contributed by atoms with Crippen LogP contribution in [0.3, 0.4) is 0 Å². The number of pyridine rings is 1. The third kappa shape index (κ3) is 5.51. The average molecular weight is 388 g/mol. The maximum absolute atomic E-state index is 12.1. The van der Waals surface area contributed by atoms with Crippen LogP contribution in [-0.4, -0.2) is 32.4 Å². The molecule has 3 rings (SSSR count). The first-order chi connectivity index (χ1) is 12.9. The monoisotopic (exact) mass is 388 g/mol. The highest BCUT2D eigenvalue weighted by atomic mass is 32.2. The molecule has 1 aromatic heterocycles. The Morgan fingerprint density at radius 3 is 2.48 bits per heavy atom. The van der Waals surface area contributed by atoms with Crippen molar-refractivity contribution in [2.24, 2.45) is 5.14 Å². The molecule has 1 aliphatic rings. The number of benzene rings is 1. The Labute approximate surface area is 159 Å². The van der Waals surface area contributed by atoms with Crippen molar-refractivity contribution < 1.29 is 13.2 Å². The number of carbonyl (C=O) groups excluding carboxylic acids is 1. The summed E-state index contributed by atoms with van der Waals surface area (Å²) in [6, 6.07) is 10.2. The summed E-state index contributed by atoms with van der Waals surface area (Å²) < 4.78 is 22.5. The summed E-state index contributed by atoms with van der Waals surface area (Å²) in [6.07, 6.45) is 5.04. The SMILES string of the molecule is NS(=O)(=O)c1ccc(CCC(=O)NCc2ccnc(N3CCCC3)c2)cc1. The van der Waals surface area contributed by atoms with Crippen LogP contribution in [0.4, 0.5) is 5.82 Å². The number of rotatable bonds is 7. The fourth-order valence-corrected chi connectivity index (χ4v) is 3.60. The summed E-state index contributed by atoms with van der Waals surface area (Å²) in [6.45, 7) is 2.53. The lowest BCUT2D eigenvalue weighted by molar-refractivity contribution is -0.121. The second kappa shape index (κ2) is 8.49. The van der Waals surface area contributed by atoms with Crippen molar-refractivity contribution in [2.45, 2.75) is 37.1 Å². The van der Waals surface area contributed by atoms with E-state index in [1.165, 1.54) is 25.0 Å². The Morgan fingerprint density at radius 1 is 1.11 bits per heavy atom. The van der Waals surface area contributed by atoms with E-state index < -0.39 is 10.0 Å². The first-order valence-corrected chi connectivity index (χ1v) is 10.5. The molecule has 1 fully saturated rings. The largest absolute Gasteiger partial charge is 0.357 e. The summed E-state index contributed by atoms with van der Waals surface area (Å²) in [7, 11) is -3.69. The minimum Gasteiger partial charge on any atom is -0.357 e. The van der Waals surface area contributed by atoms with Crippen molar-refractivity contribution in [3.05, 3.63) is 53.7 Å². The molecule has 0 saturated carbocycles. The fourth-order valence-electron chi connectivity index (χ4n) is 3.08. The maximum atomic E-state index is 12.1. The molecule has 144 valence electrons. The zero-order chi connectivity index (χ0) is 19.3. The fraction of sp³-hybridized carbons (Fsp3) is 0.368. The standard InChI is InChI=1S/C19H24N4O3S/c20-27(25,26)17-6-3-15(4-7-17)5-8-19(24)22-14-16-9-10-21-18(13-16)23-11-1-2-12-23/h3-4,6-7,9-10,13H,1-2,5,8,11-12,14H2,(H,22,24)(H2,20,25,26). The van der Waals surface area contributed by atoms with Gasteiger partial charge in [-0.3, -0.25) is 4.79 Å². The molecule has 0 spiro atoms. The molecule has 0 bridgehead atoms. The summed E-state index contributed by atoms with van der Waals surface area (Å²) in [5.74, 6) is 0.916. The van der Waals surface area contributed by atoms with Crippen LogP contribution in [0.2, 0.25) is 0 Å². The number of hydrogen-bond acceptors (Lipinski definition) is 5. The van der Waals surface area contributed by atoms with Crippen molar-refractivity contribution in [1.82, 2.24) is 10.3 Å². The smallest absolute Gasteiger partial charge is 0.238 e. The van der Waals surface area contributed by atoms with E-state index in [-0.39, 0.29) is 10.8 Å². The minimum atomic E-state index is -3.69. The lowest BCUT2D eigenvalue weighted by Gasteiger charge is -2.17. The van der Waals surface area contributed by atoms with Crippen molar-refractivity contribution in [2.75, 3.05) is 18.0 Å². The molecule has 1 aliphatic heterocycles. The van der Waals surface area contributed by atoms with Gasteiger partial charge in [-0.25, -0.2) is 18.5 Å². The number of nitrogens with two attached hydrogens (primary N) is 1. The topological polar surface area (TPSA) is 105 Å². The molecule has 1 aromatic carbocycles. The maximum Gasteiger partial charge on any atom is 0.238 e. The Hall–Kier alpha value is -2.45. The van der Waals surface area contributed by atoms with Gasteiger partial charge in [0, 0.05) is 32.3 Å². The Kier molecular flexibility index (Phi) is 6.08. The molecule has 27 heavy (non-hydrogen) atoms. The van der Waals surface area contributed by atoms with Gasteiger partial charge in [0.25, 0.3) is 0 Å². The summed E-state index contributed by atoms with van der Waals surface area (Å²) in [4.78, 5) is 18.8. The zero-order valence-corrected chi connectivity index (χ0v) is 15.9. The van der Waals surface area contributed by atoms with E-state index in [0.29, 0.717) is 19.4 Å². The molecule has 1 amide bonds. The molecular formula is C19H24N4O3S. The van der Waals surface area contributed by atoms with Crippen LogP contribution in [0.5, 0.6) is 0 Å². The van der Waals surface area contributed by atoms with Gasteiger partial charge in [0.1, 0.15) is 5.82 Å². The van der Waals surface area contributed by atoms with Crippen LogP contribution in [0, 0.1) is 0 Å². The summed E-state index contributed by atoms with van der Waals surface area (Å²) in [5.41, 5.74) is 1.91. The van der Waals surface area contributed by atoms with Gasteiger partial charge in [-0.15, -0.1) is 0 Å². The number of anilines is 1. The predicted molar refractivity (Wildman–Crippen MR) is 104 cm³/mol. The van der Waals surface area contributed by atoms with Gasteiger partial charge in [-0.05, 0) is 54.7 Å². The van der Waals surface area contributed by atoms with Crippen LogP contribution in [-0.2, 0) is 27.8 Å². The van der Waals surface area contributed by atoms with E-state index >= 15 is 0 Å². The summed E-state index contributed by atoms with van der Waals surface area (Å²) >= 11 is 0. The molecule has 0 atom stereocenters. The molecule has 7 nitrogen and oxygen atoms in total. The normalized spacial score (nSPS) is 14.3. The summed E-state index contributed by atoms with van der Waals surface area (Å²) in [5, 5.41) is 8.00. The quantitative estimate of drug-likeness (QED) is 0.749. The lowest BCUT2D eigenvalue weighted by atomic mass is 10.1. The molecule has 2 aromatic rings. The van der Waals surface area contributed by atoms with Gasteiger partial charge in [-0.2, -0.15) is 0 Å². The average Bonchev–Trinajstić information content (AvgIpc) is 3.19. The van der Waals surface area contributed by atoms with E-state index in [1.54, 1.807) is 18.3 Å². The van der Waals surface area contributed by atoms with Crippen LogP contribution in [0.1, 0.15) is 30.4 Å². The molecular weight excluding hydrogens is 364 g/mol. The number of nitrogens with zero attached hydrogens (tertiary/aromatic N) is 2. The molecule has 2 heterocycles. The highest BCUT2D eigenvalue weighted by Crippen LogP contribution is 2.18. The number of aromatic nitrogens is 1. The van der Waals surface area contributed by atoms with Crippen molar-refractivity contribution in [3.63, 3.8) is 0 Å². The molecule has 8 heteroatoms. The van der Waals surface area contributed by atoms with Gasteiger partial charge >= 0.3 is 0 Å². The van der Waals surface area contributed by atoms with E-state index in [4.69, 9.17) is 5.14 Å². The van der Waals surface area contributed by atoms with Crippen molar-refractivity contribution >= 4 is 21.7 Å². The van der Waals surface area contributed by atoms with Gasteiger partial charge < -0.3 is 10.2 Å². The molecule has 3 N–H and O–H groups in total. The predicted octanol–water partition coefficient (Wildman–Crippen LogP) is 1.58. The number of sulfonamides is 1. The number of nitrogens with one attached hydrogen (secondary N) is 1. The van der Waals surface area contributed by atoms with E-state index in [2.05, 4.69) is 15.2 Å². The highest BCUT2D eigenvalue weighted by molar-refractivity contribution is 7.89. The van der Waals surface area contributed by atoms with Crippen LogP contribution >= 0.6 is 0 Å². The van der Waals surface area contributed by atoms with Gasteiger partial charge in [-0.1, -0.05) is 12.1 Å². The van der Waals surface area contributed by atoms with E-state index in [0.717, 1.165) is 30.0 Å². The first-order valence-electron chi connectivity index (χ1n) is 9.00. The zero-order valence-electron chi connectivity index (χ0n) is 15.1. The Morgan fingerprint density at radius 2 is 1.81 bits per heavy atom. The lowest BCUT2D eigenvalue weighted by Crippen LogP contribution is -2.24. The third-order valence-electron chi connectivity index (χ3n) is 4.62. The van der Waals surface area contributed by atoms with Crippen LogP contribution < -0.4 is 15.4 Å². The number of aryl methyl sites for hydroxylation is 1. The Balaban J connectivity index is 1.48. The number of amides is 1. The second-order valence-electron chi connectivity index (χ2n) is 6.68. The number of hydrogen-bond donors (Lipinski definition) is 2. The van der Waals surface area contributed by atoms with Gasteiger partial charge in [0.05, 0.1) is 4.90 Å². The molecule has 0 radical (unpaired) electrons. The van der Waals surface area contributed by atoms with E-state index in [9.17, 15) is 13.2 Å². The second-order valence-corrected chi connectivity index (χ2v) is 8.24. The highest BCUT2D eigenvalue weighted by Gasteiger charge is 2.13. The van der Waals surface area contributed by atoms with Gasteiger partial charge in [0.2, 0.25) is 15.9 Å². The van der Waals surface area contributed by atoms with Crippen LogP contribution in [0.25, 0.3) is 0 Å².